The van der Waals surface area contributed by atoms with Crippen molar-refractivity contribution < 1.29 is 29.3 Å². The van der Waals surface area contributed by atoms with Crippen LogP contribution in [0.4, 0.5) is 5.69 Å². The number of hydrogen-bond donors (Lipinski definition) is 3. The number of nitrogens with one attached hydrogen (secondary N) is 1. The van der Waals surface area contributed by atoms with Crippen LogP contribution in [-0.4, -0.2) is 35.3 Å². The van der Waals surface area contributed by atoms with E-state index in [1.165, 1.54) is 30.3 Å². The highest BCUT2D eigenvalue weighted by molar-refractivity contribution is 6.09. The Labute approximate surface area is 179 Å². The van der Waals surface area contributed by atoms with Crippen molar-refractivity contribution >= 4 is 23.6 Å². The van der Waals surface area contributed by atoms with Gasteiger partial charge in [0, 0.05) is 11.3 Å². The Balaban J connectivity index is 2.41. The fourth-order valence-corrected chi connectivity index (χ4v) is 2.69. The molecule has 0 atom stereocenters. The first-order chi connectivity index (χ1) is 14.9. The number of carbonyl (C=O) groups is 2. The normalized spacial score (nSPS) is 10.6. The van der Waals surface area contributed by atoms with Gasteiger partial charge in [-0.15, -0.1) is 6.58 Å². The first kappa shape index (κ1) is 23.0. The monoisotopic (exact) mass is 422 g/mol. The van der Waals surface area contributed by atoms with Crippen LogP contribution in [0.15, 0.2) is 54.6 Å². The van der Waals surface area contributed by atoms with Crippen molar-refractivity contribution in [2.24, 2.45) is 0 Å². The van der Waals surface area contributed by atoms with Gasteiger partial charge in [0.25, 0.3) is 5.91 Å². The van der Waals surface area contributed by atoms with Gasteiger partial charge < -0.3 is 25.0 Å². The summed E-state index contributed by atoms with van der Waals surface area (Å²) in [5, 5.41) is 30.3. The van der Waals surface area contributed by atoms with E-state index in [-0.39, 0.29) is 17.1 Å². The SMILES string of the molecule is C=CCc1cc(/C=C(\C#N)C(=O)Nc2ccc(O)cc2)cc(OCC)c1OCC(=O)O. The predicted molar refractivity (Wildman–Crippen MR) is 115 cm³/mol. The molecule has 2 aromatic rings. The van der Waals surface area contributed by atoms with E-state index in [0.717, 1.165) is 0 Å². The van der Waals surface area contributed by atoms with Gasteiger partial charge in [-0.3, -0.25) is 4.79 Å². The van der Waals surface area contributed by atoms with E-state index in [0.29, 0.717) is 35.6 Å². The number of anilines is 1. The number of rotatable bonds is 10. The molecule has 0 aliphatic heterocycles. The number of amides is 1. The second kappa shape index (κ2) is 11.1. The number of phenols is 1. The van der Waals surface area contributed by atoms with Crippen molar-refractivity contribution in [2.45, 2.75) is 13.3 Å². The number of benzene rings is 2. The van der Waals surface area contributed by atoms with Crippen molar-refractivity contribution in [3.63, 3.8) is 0 Å². The summed E-state index contributed by atoms with van der Waals surface area (Å²) >= 11 is 0. The Morgan fingerprint density at radius 3 is 2.52 bits per heavy atom. The molecule has 0 unspecified atom stereocenters. The number of carbonyl (C=O) groups excluding carboxylic acids is 1. The van der Waals surface area contributed by atoms with E-state index in [1.54, 1.807) is 25.1 Å². The molecular formula is C23H22N2O6. The number of ether oxygens (including phenoxy) is 2. The van der Waals surface area contributed by atoms with Gasteiger partial charge in [0.15, 0.2) is 18.1 Å². The third kappa shape index (κ3) is 6.65. The third-order valence-corrected chi connectivity index (χ3v) is 3.96. The lowest BCUT2D eigenvalue weighted by Gasteiger charge is -2.16. The summed E-state index contributed by atoms with van der Waals surface area (Å²) in [4.78, 5) is 23.4. The molecule has 0 aliphatic carbocycles. The van der Waals surface area contributed by atoms with Gasteiger partial charge in [0.2, 0.25) is 0 Å². The number of nitrogens with zero attached hydrogens (tertiary/aromatic N) is 1. The highest BCUT2D eigenvalue weighted by Gasteiger charge is 2.16. The van der Waals surface area contributed by atoms with Crippen LogP contribution in [0.2, 0.25) is 0 Å². The van der Waals surface area contributed by atoms with Crippen LogP contribution < -0.4 is 14.8 Å². The molecule has 0 aromatic heterocycles. The molecule has 31 heavy (non-hydrogen) atoms. The van der Waals surface area contributed by atoms with Crippen LogP contribution in [0.3, 0.4) is 0 Å². The van der Waals surface area contributed by atoms with Gasteiger partial charge in [-0.05, 0) is 61.4 Å². The van der Waals surface area contributed by atoms with Crippen LogP contribution in [0.5, 0.6) is 17.2 Å². The number of phenolic OH excluding ortho intramolecular Hbond substituents is 1. The van der Waals surface area contributed by atoms with Crippen LogP contribution in [0.1, 0.15) is 18.1 Å². The number of aliphatic carboxylic acids is 1. The number of aromatic hydroxyl groups is 1. The molecule has 1 amide bonds. The maximum atomic E-state index is 12.5. The average Bonchev–Trinajstić information content (AvgIpc) is 2.73. The molecule has 0 heterocycles. The lowest BCUT2D eigenvalue weighted by Crippen LogP contribution is -2.13. The summed E-state index contributed by atoms with van der Waals surface area (Å²) in [5.74, 6) is -1.13. The van der Waals surface area contributed by atoms with Crippen molar-refractivity contribution in [1.82, 2.24) is 0 Å². The number of carboxylic acid groups (broad SMARTS) is 1. The van der Waals surface area contributed by atoms with Crippen LogP contribution in [0, 0.1) is 11.3 Å². The van der Waals surface area contributed by atoms with Crippen molar-refractivity contribution in [3.8, 4) is 23.3 Å². The third-order valence-electron chi connectivity index (χ3n) is 3.96. The first-order valence-electron chi connectivity index (χ1n) is 9.35. The molecule has 0 saturated heterocycles. The van der Waals surface area contributed by atoms with E-state index >= 15 is 0 Å². The molecule has 0 fully saturated rings. The largest absolute Gasteiger partial charge is 0.508 e. The molecule has 3 N–H and O–H groups in total. The van der Waals surface area contributed by atoms with Gasteiger partial charge in [0.05, 0.1) is 6.61 Å². The minimum Gasteiger partial charge on any atom is -0.508 e. The first-order valence-corrected chi connectivity index (χ1v) is 9.35. The summed E-state index contributed by atoms with van der Waals surface area (Å²) in [7, 11) is 0. The maximum Gasteiger partial charge on any atom is 0.341 e. The van der Waals surface area contributed by atoms with Gasteiger partial charge >= 0.3 is 5.97 Å². The van der Waals surface area contributed by atoms with Gasteiger partial charge in [-0.25, -0.2) is 4.79 Å². The van der Waals surface area contributed by atoms with Crippen LogP contribution in [0.25, 0.3) is 6.08 Å². The molecule has 0 bridgehead atoms. The topological polar surface area (TPSA) is 129 Å². The van der Waals surface area contributed by atoms with E-state index in [1.807, 2.05) is 6.07 Å². The maximum absolute atomic E-state index is 12.5. The fourth-order valence-electron chi connectivity index (χ4n) is 2.69. The Morgan fingerprint density at radius 1 is 1.23 bits per heavy atom. The summed E-state index contributed by atoms with van der Waals surface area (Å²) < 4.78 is 11.0. The zero-order chi connectivity index (χ0) is 22.8. The van der Waals surface area contributed by atoms with Crippen LogP contribution in [-0.2, 0) is 16.0 Å². The standard InChI is InChI=1S/C23H22N2O6/c1-3-5-16-10-15(12-20(30-4-2)22(16)31-14-21(27)28)11-17(13-24)23(29)25-18-6-8-19(26)9-7-18/h3,6-12,26H,1,4-5,14H2,2H3,(H,25,29)(H,27,28)/b17-11+. The van der Waals surface area contributed by atoms with Gasteiger partial charge in [-0.2, -0.15) is 5.26 Å². The lowest BCUT2D eigenvalue weighted by atomic mass is 10.0. The number of nitriles is 1. The molecule has 0 saturated carbocycles. The Morgan fingerprint density at radius 2 is 1.94 bits per heavy atom. The average molecular weight is 422 g/mol. The van der Waals surface area contributed by atoms with E-state index in [9.17, 15) is 20.0 Å². The molecule has 8 heteroatoms. The van der Waals surface area contributed by atoms with Gasteiger partial charge in [-0.1, -0.05) is 6.08 Å². The molecule has 2 rings (SSSR count). The molecule has 0 aliphatic rings. The van der Waals surface area contributed by atoms with Crippen molar-refractivity contribution in [1.29, 1.82) is 5.26 Å². The highest BCUT2D eigenvalue weighted by atomic mass is 16.5. The summed E-state index contributed by atoms with van der Waals surface area (Å²) in [6, 6.07) is 11.0. The quantitative estimate of drug-likeness (QED) is 0.231. The summed E-state index contributed by atoms with van der Waals surface area (Å²) in [6.07, 6.45) is 3.37. The Bertz CT molecular complexity index is 1040. The lowest BCUT2D eigenvalue weighted by molar-refractivity contribution is -0.139. The Kier molecular flexibility index (Phi) is 8.22. The second-order valence-electron chi connectivity index (χ2n) is 6.29. The molecule has 160 valence electrons. The fraction of sp³-hybridized carbons (Fsp3) is 0.174. The van der Waals surface area contributed by atoms with E-state index < -0.39 is 18.5 Å². The molecule has 2 aromatic carbocycles. The molecule has 8 nitrogen and oxygen atoms in total. The minimum atomic E-state index is -1.13. The summed E-state index contributed by atoms with van der Waals surface area (Å²) in [5.41, 5.74) is 1.37. The van der Waals surface area contributed by atoms with E-state index in [4.69, 9.17) is 14.6 Å². The number of carboxylic acids is 1. The number of allylic oxidation sites excluding steroid dienone is 1. The van der Waals surface area contributed by atoms with Crippen molar-refractivity contribution in [2.75, 3.05) is 18.5 Å². The van der Waals surface area contributed by atoms with E-state index in [2.05, 4.69) is 11.9 Å². The number of hydrogen-bond acceptors (Lipinski definition) is 6. The minimum absolute atomic E-state index is 0.0532. The summed E-state index contributed by atoms with van der Waals surface area (Å²) in [6.45, 7) is 5.22. The van der Waals surface area contributed by atoms with Crippen molar-refractivity contribution in [3.05, 3.63) is 65.8 Å². The smallest absolute Gasteiger partial charge is 0.341 e. The predicted octanol–water partition coefficient (Wildman–Crippen LogP) is 3.53. The zero-order valence-corrected chi connectivity index (χ0v) is 16.9. The molecular weight excluding hydrogens is 400 g/mol. The Hall–Kier alpha value is -4.25. The van der Waals surface area contributed by atoms with Gasteiger partial charge in [0.1, 0.15) is 17.4 Å². The zero-order valence-electron chi connectivity index (χ0n) is 16.9. The molecule has 0 radical (unpaired) electrons. The highest BCUT2D eigenvalue weighted by Crippen LogP contribution is 2.34. The second-order valence-corrected chi connectivity index (χ2v) is 6.29. The molecule has 0 spiro atoms. The van der Waals surface area contributed by atoms with Crippen LogP contribution >= 0.6 is 0 Å².